The van der Waals surface area contributed by atoms with Crippen molar-refractivity contribution >= 4 is 45.9 Å². The first-order valence-corrected chi connectivity index (χ1v) is 14.0. The number of hydrogen-bond donors (Lipinski definition) is 0. The first kappa shape index (κ1) is 24.1. The Bertz CT molecular complexity index is 1110. The van der Waals surface area contributed by atoms with Gasteiger partial charge in [0.15, 0.2) is 25.5 Å². The molecule has 2 heterocycles. The van der Waals surface area contributed by atoms with Gasteiger partial charge in [-0.15, -0.1) is 0 Å². The van der Waals surface area contributed by atoms with Crippen LogP contribution in [0, 0.1) is 0 Å². The fourth-order valence-corrected chi connectivity index (χ4v) is 5.50. The number of benzene rings is 2. The number of nitrogens with zero attached hydrogens (tertiary/aromatic N) is 2. The third-order valence-corrected chi connectivity index (χ3v) is 7.72. The Hall–Kier alpha value is -3.08. The summed E-state index contributed by atoms with van der Waals surface area (Å²) in [6.45, 7) is 1.99. The third kappa shape index (κ3) is 7.75. The summed E-state index contributed by atoms with van der Waals surface area (Å²) < 4.78 is 4.65. The highest BCUT2D eigenvalue weighted by atomic mass is 33.1. The quantitative estimate of drug-likeness (QED) is 0.134. The summed E-state index contributed by atoms with van der Waals surface area (Å²) in [5.41, 5.74) is 4.90. The average molecular weight is 483 g/mol. The van der Waals surface area contributed by atoms with E-state index in [2.05, 4.69) is 131 Å². The van der Waals surface area contributed by atoms with Crippen molar-refractivity contribution in [3.05, 3.63) is 132 Å². The topological polar surface area (TPSA) is 7.76 Å². The SMILES string of the molecule is C(=C\c1cccc[n+]1CCSSCC[n+]1ccccc1/C=C/c1ccccc1)/c1ccccc1. The smallest absolute Gasteiger partial charge is 0.198 e. The van der Waals surface area contributed by atoms with Crippen LogP contribution in [0.4, 0.5) is 0 Å². The fourth-order valence-electron chi connectivity index (χ4n) is 3.57. The maximum Gasteiger partial charge on any atom is 0.205 e. The van der Waals surface area contributed by atoms with Crippen LogP contribution >= 0.6 is 21.6 Å². The number of rotatable bonds is 11. The molecule has 0 saturated heterocycles. The van der Waals surface area contributed by atoms with Crippen LogP contribution < -0.4 is 9.13 Å². The molecule has 2 aromatic heterocycles. The molecule has 0 atom stereocenters. The van der Waals surface area contributed by atoms with Gasteiger partial charge >= 0.3 is 0 Å². The molecule has 4 rings (SSSR count). The summed E-state index contributed by atoms with van der Waals surface area (Å²) in [4.78, 5) is 0. The maximum absolute atomic E-state index is 2.32. The normalized spacial score (nSPS) is 11.4. The van der Waals surface area contributed by atoms with Crippen LogP contribution in [0.5, 0.6) is 0 Å². The summed E-state index contributed by atoms with van der Waals surface area (Å²) in [7, 11) is 3.89. The largest absolute Gasteiger partial charge is 0.205 e. The maximum atomic E-state index is 2.32. The summed E-state index contributed by atoms with van der Waals surface area (Å²) in [6.07, 6.45) is 13.1. The zero-order valence-corrected chi connectivity index (χ0v) is 20.9. The lowest BCUT2D eigenvalue weighted by Crippen LogP contribution is -2.38. The molecule has 170 valence electrons. The lowest BCUT2D eigenvalue weighted by atomic mass is 10.2. The van der Waals surface area contributed by atoms with E-state index in [1.807, 2.05) is 33.7 Å². The van der Waals surface area contributed by atoms with Gasteiger partial charge in [0.2, 0.25) is 11.4 Å². The Balaban J connectivity index is 1.24. The average Bonchev–Trinajstić information content (AvgIpc) is 2.90. The zero-order valence-electron chi connectivity index (χ0n) is 19.2. The molecule has 0 unspecified atom stereocenters. The molecular formula is C30H30N2S2+2. The van der Waals surface area contributed by atoms with E-state index < -0.39 is 0 Å². The third-order valence-electron chi connectivity index (χ3n) is 5.36. The van der Waals surface area contributed by atoms with E-state index in [-0.39, 0.29) is 0 Å². The molecular weight excluding hydrogens is 452 g/mol. The van der Waals surface area contributed by atoms with E-state index in [4.69, 9.17) is 0 Å². The molecule has 4 aromatic rings. The summed E-state index contributed by atoms with van der Waals surface area (Å²) >= 11 is 0. The second-order valence-corrected chi connectivity index (χ2v) is 10.5. The van der Waals surface area contributed by atoms with Crippen molar-refractivity contribution in [1.29, 1.82) is 0 Å². The van der Waals surface area contributed by atoms with Crippen LogP contribution in [0.15, 0.2) is 109 Å². The van der Waals surface area contributed by atoms with Crippen LogP contribution in [-0.4, -0.2) is 11.5 Å². The molecule has 2 nitrogen and oxygen atoms in total. The second kappa shape index (κ2) is 13.6. The standard InChI is InChI=1S/C30H30N2S2/c1-3-11-27(12-4-1)17-19-29-15-7-9-21-31(29)23-25-33-34-26-24-32-22-10-8-16-30(32)20-18-28-13-5-2-6-14-28/h1-22H,23-26H2/q+2/b19-17+,20-18+. The van der Waals surface area contributed by atoms with Gasteiger partial charge in [-0.1, -0.05) is 82.3 Å². The second-order valence-electron chi connectivity index (χ2n) is 7.77. The highest BCUT2D eigenvalue weighted by molar-refractivity contribution is 8.76. The van der Waals surface area contributed by atoms with Crippen molar-refractivity contribution in [3.63, 3.8) is 0 Å². The highest BCUT2D eigenvalue weighted by Crippen LogP contribution is 2.20. The van der Waals surface area contributed by atoms with Crippen LogP contribution in [-0.2, 0) is 13.1 Å². The molecule has 0 aliphatic rings. The van der Waals surface area contributed by atoms with Gasteiger partial charge in [0, 0.05) is 36.4 Å². The molecule has 0 aliphatic heterocycles. The minimum Gasteiger partial charge on any atom is -0.198 e. The van der Waals surface area contributed by atoms with Crippen molar-refractivity contribution in [2.75, 3.05) is 11.5 Å². The van der Waals surface area contributed by atoms with E-state index in [9.17, 15) is 0 Å². The Kier molecular flexibility index (Phi) is 9.61. The number of hydrogen-bond acceptors (Lipinski definition) is 2. The first-order valence-electron chi connectivity index (χ1n) is 11.6. The van der Waals surface area contributed by atoms with Gasteiger partial charge in [0.05, 0.1) is 11.5 Å². The van der Waals surface area contributed by atoms with Gasteiger partial charge in [-0.2, -0.15) is 9.13 Å². The summed E-state index contributed by atoms with van der Waals surface area (Å²) in [5, 5.41) is 0. The van der Waals surface area contributed by atoms with Crippen molar-refractivity contribution < 1.29 is 9.13 Å². The van der Waals surface area contributed by atoms with Crippen LogP contribution in [0.25, 0.3) is 24.3 Å². The molecule has 0 aliphatic carbocycles. The van der Waals surface area contributed by atoms with Crippen LogP contribution in [0.2, 0.25) is 0 Å². The Morgan fingerprint density at radius 1 is 0.471 bits per heavy atom. The number of aryl methyl sites for hydroxylation is 2. The molecule has 34 heavy (non-hydrogen) atoms. The molecule has 0 spiro atoms. The lowest BCUT2D eigenvalue weighted by Gasteiger charge is -2.02. The molecule has 0 N–H and O–H groups in total. The number of aromatic nitrogens is 2. The van der Waals surface area contributed by atoms with Gasteiger partial charge in [-0.25, -0.2) is 0 Å². The van der Waals surface area contributed by atoms with Crippen molar-refractivity contribution in [2.24, 2.45) is 0 Å². The van der Waals surface area contributed by atoms with E-state index in [1.165, 1.54) is 22.5 Å². The summed E-state index contributed by atoms with van der Waals surface area (Å²) in [5.74, 6) is 2.15. The van der Waals surface area contributed by atoms with Gasteiger partial charge in [0.25, 0.3) is 0 Å². The lowest BCUT2D eigenvalue weighted by molar-refractivity contribution is -0.694. The molecule has 4 heteroatoms. The first-order chi connectivity index (χ1) is 16.9. The van der Waals surface area contributed by atoms with Crippen LogP contribution in [0.1, 0.15) is 22.5 Å². The molecule has 0 radical (unpaired) electrons. The fraction of sp³-hybridized carbons (Fsp3) is 0.133. The van der Waals surface area contributed by atoms with Gasteiger partial charge in [-0.3, -0.25) is 0 Å². The Morgan fingerprint density at radius 3 is 1.32 bits per heavy atom. The highest BCUT2D eigenvalue weighted by Gasteiger charge is 2.09. The molecule has 2 aromatic carbocycles. The van der Waals surface area contributed by atoms with Gasteiger partial charge in [0.1, 0.15) is 0 Å². The van der Waals surface area contributed by atoms with E-state index in [0.29, 0.717) is 0 Å². The minimum absolute atomic E-state index is 0.997. The van der Waals surface area contributed by atoms with Gasteiger partial charge < -0.3 is 0 Å². The van der Waals surface area contributed by atoms with Gasteiger partial charge in [-0.05, 0) is 35.4 Å². The zero-order chi connectivity index (χ0) is 23.3. The molecule has 0 fully saturated rings. The molecule has 0 amide bonds. The van der Waals surface area contributed by atoms with E-state index >= 15 is 0 Å². The van der Waals surface area contributed by atoms with Crippen molar-refractivity contribution in [3.8, 4) is 0 Å². The Morgan fingerprint density at radius 2 is 0.882 bits per heavy atom. The summed E-state index contributed by atoms with van der Waals surface area (Å²) in [6, 6.07) is 33.7. The van der Waals surface area contributed by atoms with E-state index in [1.54, 1.807) is 0 Å². The monoisotopic (exact) mass is 482 g/mol. The van der Waals surface area contributed by atoms with Crippen LogP contribution in [0.3, 0.4) is 0 Å². The number of pyridine rings is 2. The predicted molar refractivity (Wildman–Crippen MR) is 149 cm³/mol. The van der Waals surface area contributed by atoms with Crippen molar-refractivity contribution in [1.82, 2.24) is 0 Å². The van der Waals surface area contributed by atoms with Crippen molar-refractivity contribution in [2.45, 2.75) is 13.1 Å². The Labute approximate surface area is 211 Å². The molecule has 0 bridgehead atoms. The van der Waals surface area contributed by atoms with E-state index in [0.717, 1.165) is 24.6 Å². The predicted octanol–water partition coefficient (Wildman–Crippen LogP) is 6.68. The minimum atomic E-state index is 0.997. The molecule has 0 saturated carbocycles.